The third kappa shape index (κ3) is 4.13. The standard InChI is InChI=1S/C18H12BrFN2O3/c19-12-3-7-16(23)15(9-12)18(24)22-21-10-14-6-8-17(25-14)11-1-4-13(20)5-2-11/h1-10,23H,(H,22,24)/b21-10-. The van der Waals surface area contributed by atoms with Crippen LogP contribution in [0, 0.1) is 5.82 Å². The summed E-state index contributed by atoms with van der Waals surface area (Å²) in [5.74, 6) is -0.0565. The van der Waals surface area contributed by atoms with Crippen molar-refractivity contribution in [2.24, 2.45) is 5.10 Å². The van der Waals surface area contributed by atoms with Crippen LogP contribution >= 0.6 is 15.9 Å². The second-order valence-electron chi connectivity index (χ2n) is 5.07. The summed E-state index contributed by atoms with van der Waals surface area (Å²) in [5, 5.41) is 13.5. The number of benzene rings is 2. The maximum Gasteiger partial charge on any atom is 0.275 e. The summed E-state index contributed by atoms with van der Waals surface area (Å²) in [6, 6.07) is 13.8. The molecule has 3 aromatic rings. The maximum atomic E-state index is 12.9. The first-order valence-corrected chi connectivity index (χ1v) is 8.00. The zero-order chi connectivity index (χ0) is 17.8. The summed E-state index contributed by atoms with van der Waals surface area (Å²) < 4.78 is 19.2. The molecule has 1 heterocycles. The number of rotatable bonds is 4. The Morgan fingerprint density at radius 2 is 1.92 bits per heavy atom. The molecule has 5 nitrogen and oxygen atoms in total. The van der Waals surface area contributed by atoms with Crippen molar-refractivity contribution in [2.75, 3.05) is 0 Å². The lowest BCUT2D eigenvalue weighted by Gasteiger charge is -2.03. The van der Waals surface area contributed by atoms with Gasteiger partial charge in [0.15, 0.2) is 0 Å². The number of hydrogen-bond acceptors (Lipinski definition) is 4. The van der Waals surface area contributed by atoms with Crippen LogP contribution in [0.4, 0.5) is 4.39 Å². The topological polar surface area (TPSA) is 74.8 Å². The molecular weight excluding hydrogens is 391 g/mol. The Hall–Kier alpha value is -2.93. The van der Waals surface area contributed by atoms with Gasteiger partial charge in [0.1, 0.15) is 23.1 Å². The molecule has 2 aromatic carbocycles. The summed E-state index contributed by atoms with van der Waals surface area (Å²) in [6.45, 7) is 0. The molecule has 0 radical (unpaired) electrons. The zero-order valence-electron chi connectivity index (χ0n) is 12.7. The van der Waals surface area contributed by atoms with Crippen molar-refractivity contribution < 1.29 is 18.7 Å². The Labute approximate surface area is 150 Å². The molecule has 0 aliphatic rings. The second kappa shape index (κ2) is 7.31. The van der Waals surface area contributed by atoms with Gasteiger partial charge in [0.05, 0.1) is 11.8 Å². The number of carbonyl (C=O) groups excluding carboxylic acids is 1. The highest BCUT2D eigenvalue weighted by Gasteiger charge is 2.10. The monoisotopic (exact) mass is 402 g/mol. The van der Waals surface area contributed by atoms with Crippen LogP contribution in [0.5, 0.6) is 5.75 Å². The highest BCUT2D eigenvalue weighted by molar-refractivity contribution is 9.10. The molecule has 126 valence electrons. The maximum absolute atomic E-state index is 12.9. The molecule has 1 aromatic heterocycles. The van der Waals surface area contributed by atoms with Crippen LogP contribution in [0.2, 0.25) is 0 Å². The molecule has 0 fully saturated rings. The van der Waals surface area contributed by atoms with E-state index in [9.17, 15) is 14.3 Å². The fourth-order valence-electron chi connectivity index (χ4n) is 2.10. The van der Waals surface area contributed by atoms with Crippen molar-refractivity contribution in [1.29, 1.82) is 0 Å². The number of nitrogens with zero attached hydrogens (tertiary/aromatic N) is 1. The number of phenolic OH excluding ortho intramolecular Hbond substituents is 1. The van der Waals surface area contributed by atoms with Crippen LogP contribution < -0.4 is 5.43 Å². The van der Waals surface area contributed by atoms with Crippen LogP contribution in [0.1, 0.15) is 16.1 Å². The Morgan fingerprint density at radius 3 is 2.68 bits per heavy atom. The van der Waals surface area contributed by atoms with Crippen molar-refractivity contribution >= 4 is 28.1 Å². The third-order valence-corrected chi connectivity index (χ3v) is 3.81. The molecule has 0 saturated heterocycles. The molecule has 7 heteroatoms. The molecule has 0 saturated carbocycles. The second-order valence-corrected chi connectivity index (χ2v) is 5.99. The third-order valence-electron chi connectivity index (χ3n) is 3.32. The van der Waals surface area contributed by atoms with Gasteiger partial charge >= 0.3 is 0 Å². The van der Waals surface area contributed by atoms with E-state index in [0.29, 0.717) is 16.0 Å². The summed E-state index contributed by atoms with van der Waals surface area (Å²) in [7, 11) is 0. The van der Waals surface area contributed by atoms with Crippen LogP contribution in [0.3, 0.4) is 0 Å². The van der Waals surface area contributed by atoms with E-state index in [4.69, 9.17) is 4.42 Å². The summed E-state index contributed by atoms with van der Waals surface area (Å²) in [6.07, 6.45) is 1.33. The lowest BCUT2D eigenvalue weighted by atomic mass is 10.2. The molecule has 0 atom stereocenters. The van der Waals surface area contributed by atoms with E-state index in [-0.39, 0.29) is 17.1 Å². The number of amides is 1. The predicted molar refractivity (Wildman–Crippen MR) is 95.0 cm³/mol. The van der Waals surface area contributed by atoms with E-state index >= 15 is 0 Å². The lowest BCUT2D eigenvalue weighted by molar-refractivity contribution is 0.0952. The Bertz CT molecular complexity index is 936. The zero-order valence-corrected chi connectivity index (χ0v) is 14.3. The van der Waals surface area contributed by atoms with Gasteiger partial charge in [0.25, 0.3) is 5.91 Å². The van der Waals surface area contributed by atoms with Gasteiger partial charge in [-0.25, -0.2) is 9.82 Å². The van der Waals surface area contributed by atoms with Gasteiger partial charge in [-0.15, -0.1) is 0 Å². The molecule has 0 aliphatic carbocycles. The first-order chi connectivity index (χ1) is 12.0. The Kier molecular flexibility index (Phi) is 4.95. The Morgan fingerprint density at radius 1 is 1.16 bits per heavy atom. The minimum Gasteiger partial charge on any atom is -0.507 e. The molecule has 3 rings (SSSR count). The molecule has 25 heavy (non-hydrogen) atoms. The van der Waals surface area contributed by atoms with Crippen molar-refractivity contribution in [3.63, 3.8) is 0 Å². The first-order valence-electron chi connectivity index (χ1n) is 7.20. The van der Waals surface area contributed by atoms with E-state index in [0.717, 1.165) is 5.56 Å². The quantitative estimate of drug-likeness (QED) is 0.504. The molecular formula is C18H12BrFN2O3. The van der Waals surface area contributed by atoms with Crippen LogP contribution in [0.25, 0.3) is 11.3 Å². The number of carbonyl (C=O) groups is 1. The van der Waals surface area contributed by atoms with Crippen molar-refractivity contribution in [2.45, 2.75) is 0 Å². The average molecular weight is 403 g/mol. The number of hydrazone groups is 1. The minimum absolute atomic E-state index is 0.0953. The van der Waals surface area contributed by atoms with Gasteiger partial charge in [-0.3, -0.25) is 4.79 Å². The van der Waals surface area contributed by atoms with Gasteiger partial charge in [-0.1, -0.05) is 15.9 Å². The number of hydrogen-bond donors (Lipinski definition) is 2. The van der Waals surface area contributed by atoms with Crippen molar-refractivity contribution in [3.8, 4) is 17.1 Å². The highest BCUT2D eigenvalue weighted by atomic mass is 79.9. The fourth-order valence-corrected chi connectivity index (χ4v) is 2.46. The van der Waals surface area contributed by atoms with Crippen molar-refractivity contribution in [1.82, 2.24) is 5.43 Å². The normalized spacial score (nSPS) is 11.0. The van der Waals surface area contributed by atoms with Gasteiger partial charge in [-0.05, 0) is 54.6 Å². The number of phenols is 1. The van der Waals surface area contributed by atoms with Crippen molar-refractivity contribution in [3.05, 3.63) is 76.2 Å². The van der Waals surface area contributed by atoms with E-state index < -0.39 is 5.91 Å². The number of halogens is 2. The first kappa shape index (κ1) is 16.9. The highest BCUT2D eigenvalue weighted by Crippen LogP contribution is 2.22. The van der Waals surface area contributed by atoms with E-state index in [1.807, 2.05) is 0 Å². The summed E-state index contributed by atoms with van der Waals surface area (Å²) >= 11 is 3.23. The largest absolute Gasteiger partial charge is 0.507 e. The van der Waals surface area contributed by atoms with Gasteiger partial charge in [-0.2, -0.15) is 5.10 Å². The summed E-state index contributed by atoms with van der Waals surface area (Å²) in [5.41, 5.74) is 3.13. The van der Waals surface area contributed by atoms with Gasteiger partial charge in [0, 0.05) is 10.0 Å². The molecule has 0 bridgehead atoms. The number of nitrogens with one attached hydrogen (secondary N) is 1. The minimum atomic E-state index is -0.555. The predicted octanol–water partition coefficient (Wildman–Crippen LogP) is 4.32. The van der Waals surface area contributed by atoms with Crippen LogP contribution in [0.15, 0.2) is 68.6 Å². The van der Waals surface area contributed by atoms with Crippen LogP contribution in [-0.2, 0) is 0 Å². The van der Waals surface area contributed by atoms with E-state index in [1.165, 1.54) is 30.5 Å². The molecule has 0 unspecified atom stereocenters. The Balaban J connectivity index is 1.67. The number of furan rings is 1. The lowest BCUT2D eigenvalue weighted by Crippen LogP contribution is -2.17. The summed E-state index contributed by atoms with van der Waals surface area (Å²) in [4.78, 5) is 12.0. The van der Waals surface area contributed by atoms with Crippen LogP contribution in [-0.4, -0.2) is 17.2 Å². The smallest absolute Gasteiger partial charge is 0.275 e. The van der Waals surface area contributed by atoms with Gasteiger partial charge in [0.2, 0.25) is 0 Å². The van der Waals surface area contributed by atoms with E-state index in [1.54, 1.807) is 30.3 Å². The molecule has 0 spiro atoms. The number of aromatic hydroxyl groups is 1. The van der Waals surface area contributed by atoms with Gasteiger partial charge < -0.3 is 9.52 Å². The fraction of sp³-hybridized carbons (Fsp3) is 0. The molecule has 1 amide bonds. The SMILES string of the molecule is O=C(N/N=C\c1ccc(-c2ccc(F)cc2)o1)c1cc(Br)ccc1O. The van der Waals surface area contributed by atoms with E-state index in [2.05, 4.69) is 26.5 Å². The molecule has 2 N–H and O–H groups in total. The molecule has 0 aliphatic heterocycles. The average Bonchev–Trinajstić information content (AvgIpc) is 3.06.